The monoisotopic (exact) mass is 194 g/mol. The van der Waals surface area contributed by atoms with Gasteiger partial charge in [0.15, 0.2) is 0 Å². The summed E-state index contributed by atoms with van der Waals surface area (Å²) in [5.74, 6) is 0. The van der Waals surface area contributed by atoms with Crippen molar-refractivity contribution in [2.24, 2.45) is 0 Å². The zero-order valence-corrected chi connectivity index (χ0v) is 9.08. The Morgan fingerprint density at radius 2 is 2.07 bits per heavy atom. The van der Waals surface area contributed by atoms with Crippen LogP contribution in [0.3, 0.4) is 0 Å². The molecular formula is C11H18N2O. The van der Waals surface area contributed by atoms with Crippen molar-refractivity contribution < 1.29 is 4.74 Å². The van der Waals surface area contributed by atoms with E-state index in [4.69, 9.17) is 10.5 Å². The second-order valence-corrected chi connectivity index (χ2v) is 3.52. The van der Waals surface area contributed by atoms with Gasteiger partial charge in [0, 0.05) is 32.1 Å². The van der Waals surface area contributed by atoms with Gasteiger partial charge in [0.05, 0.1) is 6.61 Å². The fourth-order valence-electron chi connectivity index (χ4n) is 1.37. The summed E-state index contributed by atoms with van der Waals surface area (Å²) in [6, 6.07) is 6.06. The SMILES string of the molecule is COCCN(C)c1cc(C)cc(N)c1. The molecule has 2 N–H and O–H groups in total. The smallest absolute Gasteiger partial charge is 0.0637 e. The molecule has 1 aromatic rings. The topological polar surface area (TPSA) is 38.5 Å². The van der Waals surface area contributed by atoms with Gasteiger partial charge in [0.1, 0.15) is 0 Å². The highest BCUT2D eigenvalue weighted by Crippen LogP contribution is 2.18. The van der Waals surface area contributed by atoms with Crippen molar-refractivity contribution in [2.45, 2.75) is 6.92 Å². The van der Waals surface area contributed by atoms with Crippen LogP contribution in [0, 0.1) is 6.92 Å². The first-order chi connectivity index (χ1) is 6.63. The van der Waals surface area contributed by atoms with E-state index in [1.54, 1.807) is 7.11 Å². The standard InChI is InChI=1S/C11H18N2O/c1-9-6-10(12)8-11(7-9)13(2)4-5-14-3/h6-8H,4-5,12H2,1-3H3. The van der Waals surface area contributed by atoms with Gasteiger partial charge in [-0.1, -0.05) is 0 Å². The zero-order chi connectivity index (χ0) is 10.6. The van der Waals surface area contributed by atoms with E-state index in [-0.39, 0.29) is 0 Å². The van der Waals surface area contributed by atoms with E-state index >= 15 is 0 Å². The number of hydrogen-bond donors (Lipinski definition) is 1. The van der Waals surface area contributed by atoms with Gasteiger partial charge in [-0.3, -0.25) is 0 Å². The van der Waals surface area contributed by atoms with Crippen molar-refractivity contribution in [3.63, 3.8) is 0 Å². The third-order valence-corrected chi connectivity index (χ3v) is 2.16. The van der Waals surface area contributed by atoms with Crippen molar-refractivity contribution in [2.75, 3.05) is 37.9 Å². The molecular weight excluding hydrogens is 176 g/mol. The summed E-state index contributed by atoms with van der Waals surface area (Å²) in [5, 5.41) is 0. The molecule has 1 rings (SSSR count). The first kappa shape index (κ1) is 10.9. The van der Waals surface area contributed by atoms with Gasteiger partial charge in [0.25, 0.3) is 0 Å². The Morgan fingerprint density at radius 3 is 2.64 bits per heavy atom. The average molecular weight is 194 g/mol. The molecule has 0 aromatic heterocycles. The Bertz CT molecular complexity index is 279. The minimum atomic E-state index is 0.727. The molecule has 1 aromatic carbocycles. The quantitative estimate of drug-likeness (QED) is 0.741. The first-order valence-corrected chi connectivity index (χ1v) is 4.70. The third-order valence-electron chi connectivity index (χ3n) is 2.16. The molecule has 0 unspecified atom stereocenters. The van der Waals surface area contributed by atoms with Gasteiger partial charge in [-0.15, -0.1) is 0 Å². The van der Waals surface area contributed by atoms with E-state index in [9.17, 15) is 0 Å². The maximum atomic E-state index is 5.77. The predicted molar refractivity (Wildman–Crippen MR) is 60.7 cm³/mol. The second-order valence-electron chi connectivity index (χ2n) is 3.52. The molecule has 0 atom stereocenters. The van der Waals surface area contributed by atoms with Crippen molar-refractivity contribution in [1.82, 2.24) is 0 Å². The summed E-state index contributed by atoms with van der Waals surface area (Å²) in [6.45, 7) is 3.65. The number of nitrogen functional groups attached to an aromatic ring is 1. The van der Waals surface area contributed by atoms with E-state index < -0.39 is 0 Å². The highest BCUT2D eigenvalue weighted by molar-refractivity contribution is 5.57. The highest BCUT2D eigenvalue weighted by Gasteiger charge is 2.01. The highest BCUT2D eigenvalue weighted by atomic mass is 16.5. The largest absolute Gasteiger partial charge is 0.399 e. The van der Waals surface area contributed by atoms with Crippen molar-refractivity contribution in [3.8, 4) is 0 Å². The number of methoxy groups -OCH3 is 1. The molecule has 0 radical (unpaired) electrons. The van der Waals surface area contributed by atoms with Crippen molar-refractivity contribution >= 4 is 11.4 Å². The number of anilines is 2. The number of likely N-dealkylation sites (N-methyl/N-ethyl adjacent to an activating group) is 1. The van der Waals surface area contributed by atoms with Gasteiger partial charge in [-0.05, 0) is 30.7 Å². The molecule has 0 fully saturated rings. The van der Waals surface area contributed by atoms with Crippen LogP contribution >= 0.6 is 0 Å². The molecule has 78 valence electrons. The predicted octanol–water partition coefficient (Wildman–Crippen LogP) is 1.66. The fourth-order valence-corrected chi connectivity index (χ4v) is 1.37. The molecule has 3 heteroatoms. The maximum Gasteiger partial charge on any atom is 0.0637 e. The molecule has 0 aliphatic heterocycles. The number of benzene rings is 1. The first-order valence-electron chi connectivity index (χ1n) is 4.70. The van der Waals surface area contributed by atoms with E-state index in [2.05, 4.69) is 11.0 Å². The van der Waals surface area contributed by atoms with E-state index in [0.29, 0.717) is 0 Å². The molecule has 0 aliphatic rings. The number of rotatable bonds is 4. The second kappa shape index (κ2) is 4.86. The summed E-state index contributed by atoms with van der Waals surface area (Å²) < 4.78 is 5.02. The molecule has 0 amide bonds. The van der Waals surface area contributed by atoms with Gasteiger partial charge in [-0.25, -0.2) is 0 Å². The van der Waals surface area contributed by atoms with Crippen molar-refractivity contribution in [1.29, 1.82) is 0 Å². The number of nitrogens with two attached hydrogens (primary N) is 1. The van der Waals surface area contributed by atoms with Crippen molar-refractivity contribution in [3.05, 3.63) is 23.8 Å². The Morgan fingerprint density at radius 1 is 1.36 bits per heavy atom. The van der Waals surface area contributed by atoms with Gasteiger partial charge < -0.3 is 15.4 Å². The Balaban J connectivity index is 2.73. The van der Waals surface area contributed by atoms with Crippen LogP contribution < -0.4 is 10.6 Å². The Labute approximate surface area is 85.5 Å². The summed E-state index contributed by atoms with van der Waals surface area (Å²) in [4.78, 5) is 2.13. The number of nitrogens with zero attached hydrogens (tertiary/aromatic N) is 1. The van der Waals surface area contributed by atoms with Gasteiger partial charge in [0.2, 0.25) is 0 Å². The van der Waals surface area contributed by atoms with E-state index in [0.717, 1.165) is 24.5 Å². The van der Waals surface area contributed by atoms with Crippen LogP contribution in [0.25, 0.3) is 0 Å². The normalized spacial score (nSPS) is 10.2. The lowest BCUT2D eigenvalue weighted by atomic mass is 10.2. The third kappa shape index (κ3) is 2.92. The van der Waals surface area contributed by atoms with E-state index in [1.165, 1.54) is 5.56 Å². The maximum absolute atomic E-state index is 5.77. The summed E-state index contributed by atoms with van der Waals surface area (Å²) in [6.07, 6.45) is 0. The van der Waals surface area contributed by atoms with Crippen LogP contribution in [-0.4, -0.2) is 27.3 Å². The minimum Gasteiger partial charge on any atom is -0.399 e. The molecule has 0 spiro atoms. The minimum absolute atomic E-state index is 0.727. The van der Waals surface area contributed by atoms with Crippen LogP contribution in [0.2, 0.25) is 0 Å². The Hall–Kier alpha value is -1.22. The zero-order valence-electron chi connectivity index (χ0n) is 9.08. The van der Waals surface area contributed by atoms with Crippen LogP contribution in [-0.2, 0) is 4.74 Å². The number of hydrogen-bond acceptors (Lipinski definition) is 3. The van der Waals surface area contributed by atoms with Crippen LogP contribution in [0.5, 0.6) is 0 Å². The summed E-state index contributed by atoms with van der Waals surface area (Å²) in [7, 11) is 3.74. The van der Waals surface area contributed by atoms with Crippen LogP contribution in [0.4, 0.5) is 11.4 Å². The lowest BCUT2D eigenvalue weighted by Gasteiger charge is -2.19. The molecule has 3 nitrogen and oxygen atoms in total. The summed E-state index contributed by atoms with van der Waals surface area (Å²) >= 11 is 0. The number of aryl methyl sites for hydroxylation is 1. The van der Waals surface area contributed by atoms with E-state index in [1.807, 2.05) is 26.1 Å². The molecule has 0 bridgehead atoms. The summed E-state index contributed by atoms with van der Waals surface area (Å²) in [5.41, 5.74) is 8.90. The lowest BCUT2D eigenvalue weighted by molar-refractivity contribution is 0.206. The van der Waals surface area contributed by atoms with Gasteiger partial charge in [-0.2, -0.15) is 0 Å². The Kier molecular flexibility index (Phi) is 3.77. The van der Waals surface area contributed by atoms with Gasteiger partial charge >= 0.3 is 0 Å². The molecule has 0 saturated carbocycles. The average Bonchev–Trinajstić information content (AvgIpc) is 2.12. The fraction of sp³-hybridized carbons (Fsp3) is 0.455. The molecule has 0 saturated heterocycles. The van der Waals surface area contributed by atoms with Crippen LogP contribution in [0.1, 0.15) is 5.56 Å². The molecule has 0 heterocycles. The van der Waals surface area contributed by atoms with Crippen LogP contribution in [0.15, 0.2) is 18.2 Å². The molecule has 0 aliphatic carbocycles. The lowest BCUT2D eigenvalue weighted by Crippen LogP contribution is -2.22. The molecule has 14 heavy (non-hydrogen) atoms. The number of ether oxygens (including phenoxy) is 1.